The fourth-order valence-corrected chi connectivity index (χ4v) is 4.08. The first-order chi connectivity index (χ1) is 16.1. The Morgan fingerprint density at radius 2 is 1.91 bits per heavy atom. The SMILES string of the molecule is Cn1c(=O)n(C2CCCC(=O)NC2=O)c2ccc(C#CCCCCCC(=O)OC(C)(C)C)cc21. The Morgan fingerprint density at radius 3 is 2.65 bits per heavy atom. The molecule has 2 amide bonds. The van der Waals surface area contributed by atoms with Crippen molar-refractivity contribution in [2.75, 3.05) is 0 Å². The van der Waals surface area contributed by atoms with Gasteiger partial charge in [0.25, 0.3) is 0 Å². The summed E-state index contributed by atoms with van der Waals surface area (Å²) in [6, 6.07) is 4.79. The molecule has 2 heterocycles. The van der Waals surface area contributed by atoms with Crippen molar-refractivity contribution in [3.05, 3.63) is 34.2 Å². The van der Waals surface area contributed by atoms with Gasteiger partial charge in [-0.3, -0.25) is 28.8 Å². The maximum Gasteiger partial charge on any atom is 0.329 e. The molecule has 1 aromatic heterocycles. The van der Waals surface area contributed by atoms with Crippen LogP contribution in [0.2, 0.25) is 0 Å². The van der Waals surface area contributed by atoms with Crippen molar-refractivity contribution in [2.45, 2.75) is 83.8 Å². The zero-order chi connectivity index (χ0) is 24.9. The maximum atomic E-state index is 12.9. The lowest BCUT2D eigenvalue weighted by molar-refractivity contribution is -0.155. The van der Waals surface area contributed by atoms with Crippen LogP contribution in [0.5, 0.6) is 0 Å². The quantitative estimate of drug-likeness (QED) is 0.304. The Bertz CT molecular complexity index is 1200. The molecule has 8 heteroatoms. The van der Waals surface area contributed by atoms with Crippen molar-refractivity contribution < 1.29 is 19.1 Å². The minimum Gasteiger partial charge on any atom is -0.460 e. The van der Waals surface area contributed by atoms with Gasteiger partial charge in [-0.05, 0) is 64.7 Å². The van der Waals surface area contributed by atoms with E-state index >= 15 is 0 Å². The van der Waals surface area contributed by atoms with Crippen molar-refractivity contribution in [3.63, 3.8) is 0 Å². The predicted molar refractivity (Wildman–Crippen MR) is 129 cm³/mol. The van der Waals surface area contributed by atoms with E-state index in [2.05, 4.69) is 17.2 Å². The largest absolute Gasteiger partial charge is 0.460 e. The van der Waals surface area contributed by atoms with Gasteiger partial charge < -0.3 is 4.74 Å². The van der Waals surface area contributed by atoms with Crippen molar-refractivity contribution in [1.82, 2.24) is 14.5 Å². The van der Waals surface area contributed by atoms with Gasteiger partial charge >= 0.3 is 11.7 Å². The van der Waals surface area contributed by atoms with Gasteiger partial charge in [0.2, 0.25) is 11.8 Å². The van der Waals surface area contributed by atoms with E-state index in [4.69, 9.17) is 4.74 Å². The van der Waals surface area contributed by atoms with Crippen molar-refractivity contribution >= 4 is 28.8 Å². The zero-order valence-electron chi connectivity index (χ0n) is 20.4. The normalized spacial score (nSPS) is 16.5. The van der Waals surface area contributed by atoms with Crippen LogP contribution in [0.25, 0.3) is 11.0 Å². The molecule has 8 nitrogen and oxygen atoms in total. The van der Waals surface area contributed by atoms with E-state index in [1.807, 2.05) is 39.0 Å². The third kappa shape index (κ3) is 6.37. The van der Waals surface area contributed by atoms with E-state index < -0.39 is 17.6 Å². The van der Waals surface area contributed by atoms with Crippen LogP contribution < -0.4 is 11.0 Å². The molecule has 3 rings (SSSR count). The van der Waals surface area contributed by atoms with Gasteiger partial charge in [-0.15, -0.1) is 0 Å². The molecule has 1 N–H and O–H groups in total. The number of amides is 2. The molecule has 34 heavy (non-hydrogen) atoms. The molecule has 0 spiro atoms. The summed E-state index contributed by atoms with van der Waals surface area (Å²) < 4.78 is 8.29. The Balaban J connectivity index is 1.63. The maximum absolute atomic E-state index is 12.9. The average molecular weight is 468 g/mol. The summed E-state index contributed by atoms with van der Waals surface area (Å²) in [4.78, 5) is 48.8. The number of aryl methyl sites for hydroxylation is 1. The monoisotopic (exact) mass is 467 g/mol. The second-order valence-corrected chi connectivity index (χ2v) is 9.68. The molecule has 0 bridgehead atoms. The van der Waals surface area contributed by atoms with Crippen LogP contribution >= 0.6 is 0 Å². The van der Waals surface area contributed by atoms with Gasteiger partial charge in [0.15, 0.2) is 0 Å². The number of carbonyl (C=O) groups excluding carboxylic acids is 3. The third-order valence-electron chi connectivity index (χ3n) is 5.68. The van der Waals surface area contributed by atoms with Crippen molar-refractivity contribution in [2.24, 2.45) is 7.05 Å². The van der Waals surface area contributed by atoms with E-state index in [1.54, 1.807) is 7.05 Å². The van der Waals surface area contributed by atoms with Crippen LogP contribution in [-0.2, 0) is 26.2 Å². The fourth-order valence-electron chi connectivity index (χ4n) is 4.08. The second-order valence-electron chi connectivity index (χ2n) is 9.68. The lowest BCUT2D eigenvalue weighted by atomic mass is 10.1. The molecule has 1 aromatic carbocycles. The minimum absolute atomic E-state index is 0.169. The number of imide groups is 1. The summed E-state index contributed by atoms with van der Waals surface area (Å²) in [5, 5.41) is 2.37. The minimum atomic E-state index is -0.708. The van der Waals surface area contributed by atoms with E-state index in [1.165, 1.54) is 9.13 Å². The molecular weight excluding hydrogens is 434 g/mol. The first-order valence-electron chi connectivity index (χ1n) is 11.8. The van der Waals surface area contributed by atoms with Gasteiger partial charge in [0, 0.05) is 31.9 Å². The van der Waals surface area contributed by atoms with E-state index in [-0.39, 0.29) is 24.0 Å². The molecule has 1 saturated heterocycles. The molecule has 1 fully saturated rings. The lowest BCUT2D eigenvalue weighted by Gasteiger charge is -2.19. The number of carbonyl (C=O) groups is 3. The Hall–Kier alpha value is -3.34. The number of esters is 1. The number of hydrogen-bond acceptors (Lipinski definition) is 5. The number of ether oxygens (including phenoxy) is 1. The van der Waals surface area contributed by atoms with Crippen LogP contribution in [0.4, 0.5) is 0 Å². The molecule has 1 aliphatic heterocycles. The molecular formula is C26H33N3O5. The Labute approximate surface area is 199 Å². The number of benzene rings is 1. The summed E-state index contributed by atoms with van der Waals surface area (Å²) in [5.74, 6) is 5.38. The summed E-state index contributed by atoms with van der Waals surface area (Å²) in [5.41, 5.74) is 1.39. The number of nitrogens with one attached hydrogen (secondary N) is 1. The van der Waals surface area contributed by atoms with Gasteiger partial charge in [0.05, 0.1) is 11.0 Å². The molecule has 1 aliphatic rings. The standard InChI is InChI=1S/C26H33N3O5/c1-26(2,3)34-23(31)14-9-7-5-6-8-11-18-15-16-19-21(17-18)28(4)25(33)29(19)20-12-10-13-22(30)27-24(20)32/h15-17,20H,5-7,9-10,12-14H2,1-4H3,(H,27,30,32). The van der Waals surface area contributed by atoms with Crippen LogP contribution in [0, 0.1) is 11.8 Å². The molecule has 0 aliphatic carbocycles. The molecule has 2 aromatic rings. The fraction of sp³-hybridized carbons (Fsp3) is 0.538. The second kappa shape index (κ2) is 10.7. The van der Waals surface area contributed by atoms with Crippen LogP contribution in [0.1, 0.15) is 83.7 Å². The number of aromatic nitrogens is 2. The van der Waals surface area contributed by atoms with Crippen LogP contribution in [0.15, 0.2) is 23.0 Å². The van der Waals surface area contributed by atoms with Crippen LogP contribution in [0.3, 0.4) is 0 Å². The van der Waals surface area contributed by atoms with Gasteiger partial charge in [-0.1, -0.05) is 18.3 Å². The first-order valence-corrected chi connectivity index (χ1v) is 11.8. The summed E-state index contributed by atoms with van der Waals surface area (Å²) in [6.45, 7) is 5.59. The highest BCUT2D eigenvalue weighted by Crippen LogP contribution is 2.23. The number of rotatable bonds is 6. The van der Waals surface area contributed by atoms with Gasteiger partial charge in [-0.25, -0.2) is 4.79 Å². The lowest BCUT2D eigenvalue weighted by Crippen LogP contribution is -2.38. The highest BCUT2D eigenvalue weighted by molar-refractivity contribution is 5.98. The summed E-state index contributed by atoms with van der Waals surface area (Å²) >= 11 is 0. The number of nitrogens with zero attached hydrogens (tertiary/aromatic N) is 2. The molecule has 0 saturated carbocycles. The number of hydrogen-bond donors (Lipinski definition) is 1. The number of imidazole rings is 1. The van der Waals surface area contributed by atoms with Crippen molar-refractivity contribution in [1.29, 1.82) is 0 Å². The third-order valence-corrected chi connectivity index (χ3v) is 5.68. The van der Waals surface area contributed by atoms with Gasteiger partial charge in [0.1, 0.15) is 11.6 Å². The van der Waals surface area contributed by atoms with Gasteiger partial charge in [-0.2, -0.15) is 0 Å². The highest BCUT2D eigenvalue weighted by atomic mass is 16.6. The van der Waals surface area contributed by atoms with E-state index in [9.17, 15) is 19.2 Å². The molecule has 1 atom stereocenters. The van der Waals surface area contributed by atoms with Crippen LogP contribution in [-0.4, -0.2) is 32.5 Å². The first kappa shape index (κ1) is 25.3. The summed E-state index contributed by atoms with van der Waals surface area (Å²) in [6.07, 6.45) is 4.96. The smallest absolute Gasteiger partial charge is 0.329 e. The Morgan fingerprint density at radius 1 is 1.15 bits per heavy atom. The summed E-state index contributed by atoms with van der Waals surface area (Å²) in [7, 11) is 1.67. The molecule has 182 valence electrons. The van der Waals surface area contributed by atoms with Crippen molar-refractivity contribution in [3.8, 4) is 11.8 Å². The zero-order valence-corrected chi connectivity index (χ0v) is 20.4. The van der Waals surface area contributed by atoms with E-state index in [0.717, 1.165) is 24.8 Å². The molecule has 1 unspecified atom stereocenters. The number of unbranched alkanes of at least 4 members (excludes halogenated alkanes) is 3. The predicted octanol–water partition coefficient (Wildman–Crippen LogP) is 3.35. The highest BCUT2D eigenvalue weighted by Gasteiger charge is 2.29. The van der Waals surface area contributed by atoms with E-state index in [0.29, 0.717) is 36.7 Å². The number of fused-ring (bicyclic) bond motifs is 1. The average Bonchev–Trinajstić information content (AvgIpc) is 2.87. The Kier molecular flexibility index (Phi) is 7.98. The topological polar surface area (TPSA) is 99.4 Å². The molecule has 0 radical (unpaired) electrons.